The predicted octanol–water partition coefficient (Wildman–Crippen LogP) is 2.97. The molecule has 5 atom stereocenters. The van der Waals surface area contributed by atoms with Crippen molar-refractivity contribution in [3.63, 3.8) is 0 Å². The molecule has 2 aliphatic rings. The van der Waals surface area contributed by atoms with Crippen molar-refractivity contribution in [3.8, 4) is 0 Å². The van der Waals surface area contributed by atoms with Crippen LogP contribution in [-0.2, 0) is 35.4 Å². The van der Waals surface area contributed by atoms with E-state index in [-0.39, 0.29) is 55.0 Å². The number of nitrogens with zero attached hydrogens (tertiary/aromatic N) is 1. The Morgan fingerprint density at radius 1 is 1.10 bits per heavy atom. The summed E-state index contributed by atoms with van der Waals surface area (Å²) in [7, 11) is -4.05. The summed E-state index contributed by atoms with van der Waals surface area (Å²) < 4.78 is 45.3. The third kappa shape index (κ3) is 8.42. The quantitative estimate of drug-likeness (QED) is 0.289. The van der Waals surface area contributed by atoms with Gasteiger partial charge in [-0.1, -0.05) is 44.2 Å². The molecule has 0 bridgehead atoms. The summed E-state index contributed by atoms with van der Waals surface area (Å²) in [6, 6.07) is 14.2. The van der Waals surface area contributed by atoms with E-state index in [1.54, 1.807) is 0 Å². The Kier molecular flexibility index (Phi) is 11.2. The fraction of sp³-hybridized carbons (Fsp3) is 0.517. The lowest BCUT2D eigenvalue weighted by Crippen LogP contribution is -2.51. The summed E-state index contributed by atoms with van der Waals surface area (Å²) in [4.78, 5) is 24.6. The maximum absolute atomic E-state index is 13.7. The van der Waals surface area contributed by atoms with Crippen molar-refractivity contribution < 1.29 is 37.3 Å². The topological polar surface area (TPSA) is 144 Å². The van der Waals surface area contributed by atoms with Crippen LogP contribution < -0.4 is 10.6 Å². The molecule has 2 aromatic rings. The summed E-state index contributed by atoms with van der Waals surface area (Å²) in [6.45, 7) is 4.38. The molecule has 13 heteroatoms. The van der Waals surface area contributed by atoms with Crippen LogP contribution in [0.1, 0.15) is 25.8 Å². The molecule has 4 rings (SSSR count). The second kappa shape index (κ2) is 14.6. The van der Waals surface area contributed by atoms with E-state index in [1.807, 2.05) is 44.2 Å². The van der Waals surface area contributed by atoms with Gasteiger partial charge in [0.25, 0.3) is 0 Å². The van der Waals surface area contributed by atoms with Crippen molar-refractivity contribution in [2.75, 3.05) is 37.5 Å². The number of carbonyl (C=O) groups is 2. The standard InChI is InChI=1S/C29H38ClN3O8S/c1-19(2)16-33(42(37,38)22-10-8-21(9-11-22)31-27(35)15-30)17-25(34)24(14-20-6-4-3-5-7-20)32-29(36)41-26-18-40-28-23(26)12-13-39-28/h3-11,19,23-26,28,34H,12-18H2,1-2H3,(H,31,35)(H,32,36)/t23-,24-,25+,26-,28+/m0/s1. The molecular formula is C29H38ClN3O8S. The van der Waals surface area contributed by atoms with Gasteiger partial charge in [0.15, 0.2) is 6.29 Å². The average molecular weight is 624 g/mol. The zero-order valence-corrected chi connectivity index (χ0v) is 25.2. The molecule has 2 fully saturated rings. The third-order valence-electron chi connectivity index (χ3n) is 7.17. The second-order valence-electron chi connectivity index (χ2n) is 10.9. The Hall–Kier alpha value is -2.74. The predicted molar refractivity (Wildman–Crippen MR) is 157 cm³/mol. The zero-order valence-electron chi connectivity index (χ0n) is 23.6. The summed E-state index contributed by atoms with van der Waals surface area (Å²) in [5, 5.41) is 16.8. The molecular weight excluding hydrogens is 586 g/mol. The number of aliphatic hydroxyl groups is 1. The van der Waals surface area contributed by atoms with Crippen molar-refractivity contribution in [2.24, 2.45) is 11.8 Å². The van der Waals surface area contributed by atoms with E-state index < -0.39 is 40.3 Å². The number of ether oxygens (including phenoxy) is 3. The Morgan fingerprint density at radius 3 is 2.48 bits per heavy atom. The summed E-state index contributed by atoms with van der Waals surface area (Å²) in [5.74, 6) is -0.738. The van der Waals surface area contributed by atoms with Gasteiger partial charge in [-0.25, -0.2) is 13.2 Å². The van der Waals surface area contributed by atoms with Crippen LogP contribution in [0.25, 0.3) is 0 Å². The maximum Gasteiger partial charge on any atom is 0.407 e. The van der Waals surface area contributed by atoms with Gasteiger partial charge < -0.3 is 30.0 Å². The van der Waals surface area contributed by atoms with Gasteiger partial charge >= 0.3 is 6.09 Å². The van der Waals surface area contributed by atoms with Crippen LogP contribution in [0.3, 0.4) is 0 Å². The molecule has 0 saturated carbocycles. The van der Waals surface area contributed by atoms with Gasteiger partial charge in [0, 0.05) is 18.8 Å². The number of alkyl halides is 1. The first-order valence-corrected chi connectivity index (χ1v) is 15.9. The summed E-state index contributed by atoms with van der Waals surface area (Å²) in [5.41, 5.74) is 1.26. The number of nitrogens with one attached hydrogen (secondary N) is 2. The summed E-state index contributed by atoms with van der Waals surface area (Å²) >= 11 is 5.53. The molecule has 2 aliphatic heterocycles. The van der Waals surface area contributed by atoms with Gasteiger partial charge in [-0.3, -0.25) is 4.79 Å². The van der Waals surface area contributed by atoms with Crippen LogP contribution in [-0.4, -0.2) is 86.6 Å². The zero-order chi connectivity index (χ0) is 30.3. The van der Waals surface area contributed by atoms with Crippen LogP contribution in [0, 0.1) is 11.8 Å². The first-order chi connectivity index (χ1) is 20.1. The fourth-order valence-corrected chi connectivity index (χ4v) is 6.78. The number of alkyl carbamates (subject to hydrolysis) is 1. The molecule has 0 aliphatic carbocycles. The Bertz CT molecular complexity index is 1300. The average Bonchev–Trinajstić information content (AvgIpc) is 3.58. The number of sulfonamides is 1. The number of halogens is 1. The molecule has 11 nitrogen and oxygen atoms in total. The monoisotopic (exact) mass is 623 g/mol. The van der Waals surface area contributed by atoms with Crippen LogP contribution in [0.5, 0.6) is 0 Å². The number of rotatable bonds is 13. The van der Waals surface area contributed by atoms with Gasteiger partial charge in [0.1, 0.15) is 12.0 Å². The molecule has 2 heterocycles. The Balaban J connectivity index is 1.50. The molecule has 42 heavy (non-hydrogen) atoms. The summed E-state index contributed by atoms with van der Waals surface area (Å²) in [6.07, 6.45) is -1.87. The number of anilines is 1. The lowest BCUT2D eigenvalue weighted by Gasteiger charge is -2.31. The van der Waals surface area contributed by atoms with E-state index in [1.165, 1.54) is 28.6 Å². The van der Waals surface area contributed by atoms with E-state index in [0.717, 1.165) is 12.0 Å². The second-order valence-corrected chi connectivity index (χ2v) is 13.1. The minimum atomic E-state index is -4.05. The van der Waals surface area contributed by atoms with Gasteiger partial charge in [-0.05, 0) is 48.6 Å². The number of hydrogen-bond donors (Lipinski definition) is 3. The van der Waals surface area contributed by atoms with Crippen molar-refractivity contribution in [1.29, 1.82) is 0 Å². The van der Waals surface area contributed by atoms with Gasteiger partial charge in [0.05, 0.1) is 36.2 Å². The Labute approximate surface area is 251 Å². The van der Waals surface area contributed by atoms with E-state index >= 15 is 0 Å². The molecule has 2 saturated heterocycles. The lowest BCUT2D eigenvalue weighted by molar-refractivity contribution is -0.113. The number of amides is 2. The number of aliphatic hydroxyl groups excluding tert-OH is 1. The van der Waals surface area contributed by atoms with Crippen molar-refractivity contribution in [1.82, 2.24) is 9.62 Å². The van der Waals surface area contributed by atoms with E-state index in [4.69, 9.17) is 25.8 Å². The van der Waals surface area contributed by atoms with Crippen molar-refractivity contribution >= 4 is 39.3 Å². The highest BCUT2D eigenvalue weighted by molar-refractivity contribution is 7.89. The number of fused-ring (bicyclic) bond motifs is 1. The normalized spacial score (nSPS) is 21.6. The molecule has 230 valence electrons. The minimum absolute atomic E-state index is 0.000714. The number of hydrogen-bond acceptors (Lipinski definition) is 8. The highest BCUT2D eigenvalue weighted by Gasteiger charge is 2.44. The fourth-order valence-electron chi connectivity index (χ4n) is 5.09. The maximum atomic E-state index is 13.7. The molecule has 2 amide bonds. The number of benzene rings is 2. The third-order valence-corrected chi connectivity index (χ3v) is 9.26. The minimum Gasteiger partial charge on any atom is -0.443 e. The van der Waals surface area contributed by atoms with Gasteiger partial charge in [-0.2, -0.15) is 4.31 Å². The Morgan fingerprint density at radius 2 is 1.81 bits per heavy atom. The number of carbonyl (C=O) groups excluding carboxylic acids is 2. The molecule has 0 unspecified atom stereocenters. The largest absolute Gasteiger partial charge is 0.443 e. The molecule has 0 aromatic heterocycles. The van der Waals surface area contributed by atoms with Crippen LogP contribution in [0.2, 0.25) is 0 Å². The van der Waals surface area contributed by atoms with Crippen LogP contribution >= 0.6 is 11.6 Å². The first-order valence-electron chi connectivity index (χ1n) is 13.9. The molecule has 0 spiro atoms. The smallest absolute Gasteiger partial charge is 0.407 e. The van der Waals surface area contributed by atoms with E-state index in [0.29, 0.717) is 12.3 Å². The highest BCUT2D eigenvalue weighted by atomic mass is 35.5. The van der Waals surface area contributed by atoms with Crippen molar-refractivity contribution in [3.05, 3.63) is 60.2 Å². The molecule has 2 aromatic carbocycles. The van der Waals surface area contributed by atoms with E-state index in [9.17, 15) is 23.1 Å². The van der Waals surface area contributed by atoms with Crippen molar-refractivity contribution in [2.45, 2.75) is 56.1 Å². The van der Waals surface area contributed by atoms with Gasteiger partial charge in [0.2, 0.25) is 15.9 Å². The molecule has 3 N–H and O–H groups in total. The van der Waals surface area contributed by atoms with Crippen LogP contribution in [0.15, 0.2) is 59.5 Å². The SMILES string of the molecule is CC(C)CN(C[C@@H](O)[C@H](Cc1ccccc1)NC(=O)O[C@H]1CO[C@H]2OCC[C@H]21)S(=O)(=O)c1ccc(NC(=O)CCl)cc1. The van der Waals surface area contributed by atoms with E-state index in [2.05, 4.69) is 10.6 Å². The highest BCUT2D eigenvalue weighted by Crippen LogP contribution is 2.33. The van der Waals surface area contributed by atoms with Gasteiger partial charge in [-0.15, -0.1) is 11.6 Å². The lowest BCUT2D eigenvalue weighted by atomic mass is 10.0. The molecule has 0 radical (unpaired) electrons. The first kappa shape index (κ1) is 32.2. The van der Waals surface area contributed by atoms with Crippen LogP contribution in [0.4, 0.5) is 10.5 Å².